The van der Waals surface area contributed by atoms with E-state index in [1.807, 2.05) is 0 Å². The van der Waals surface area contributed by atoms with Gasteiger partial charge in [-0.2, -0.15) is 0 Å². The third kappa shape index (κ3) is 2.91. The minimum atomic E-state index is -0.380. The molecule has 0 amide bonds. The Labute approximate surface area is 89.0 Å². The molecular weight excluding hydrogens is 197 g/mol. The number of nitrogens with two attached hydrogens (primary N) is 1. The molecule has 0 heterocycles. The largest absolute Gasteiger partial charge is 0.494 e. The SMILES string of the molecule is COc1ccc(C(CCN)OC)cc1F. The summed E-state index contributed by atoms with van der Waals surface area (Å²) >= 11 is 0. The van der Waals surface area contributed by atoms with Crippen molar-refractivity contribution >= 4 is 0 Å². The van der Waals surface area contributed by atoms with Crippen LogP contribution in [0, 0.1) is 5.82 Å². The molecule has 3 nitrogen and oxygen atoms in total. The van der Waals surface area contributed by atoms with Gasteiger partial charge in [0.05, 0.1) is 13.2 Å². The zero-order valence-electron chi connectivity index (χ0n) is 9.00. The molecule has 0 spiro atoms. The van der Waals surface area contributed by atoms with Crippen molar-refractivity contribution in [2.45, 2.75) is 12.5 Å². The summed E-state index contributed by atoms with van der Waals surface area (Å²) in [4.78, 5) is 0. The van der Waals surface area contributed by atoms with Gasteiger partial charge < -0.3 is 15.2 Å². The van der Waals surface area contributed by atoms with Gasteiger partial charge in [-0.3, -0.25) is 0 Å². The molecule has 1 aromatic carbocycles. The molecule has 0 aliphatic carbocycles. The molecular formula is C11H16FNO2. The van der Waals surface area contributed by atoms with E-state index in [9.17, 15) is 4.39 Å². The number of rotatable bonds is 5. The summed E-state index contributed by atoms with van der Waals surface area (Å²) in [5, 5.41) is 0. The minimum Gasteiger partial charge on any atom is -0.494 e. The first kappa shape index (κ1) is 11.9. The molecule has 0 radical (unpaired) electrons. The highest BCUT2D eigenvalue weighted by Crippen LogP contribution is 2.25. The third-order valence-electron chi connectivity index (χ3n) is 2.26. The third-order valence-corrected chi connectivity index (χ3v) is 2.26. The van der Waals surface area contributed by atoms with E-state index in [-0.39, 0.29) is 17.7 Å². The van der Waals surface area contributed by atoms with Crippen molar-refractivity contribution in [3.63, 3.8) is 0 Å². The van der Waals surface area contributed by atoms with Crippen LogP contribution in [0.2, 0.25) is 0 Å². The van der Waals surface area contributed by atoms with E-state index in [1.54, 1.807) is 19.2 Å². The molecule has 0 fully saturated rings. The molecule has 1 unspecified atom stereocenters. The second kappa shape index (κ2) is 5.68. The summed E-state index contributed by atoms with van der Waals surface area (Å²) in [5.41, 5.74) is 6.22. The van der Waals surface area contributed by atoms with Gasteiger partial charge >= 0.3 is 0 Å². The van der Waals surface area contributed by atoms with Crippen LogP contribution in [-0.2, 0) is 4.74 Å². The zero-order valence-corrected chi connectivity index (χ0v) is 9.00. The first-order valence-corrected chi connectivity index (χ1v) is 4.79. The molecule has 1 rings (SSSR count). The number of halogens is 1. The van der Waals surface area contributed by atoms with E-state index in [4.69, 9.17) is 15.2 Å². The molecule has 0 bridgehead atoms. The van der Waals surface area contributed by atoms with Gasteiger partial charge in [0.1, 0.15) is 0 Å². The second-order valence-electron chi connectivity index (χ2n) is 3.20. The quantitative estimate of drug-likeness (QED) is 0.812. The smallest absolute Gasteiger partial charge is 0.165 e. The summed E-state index contributed by atoms with van der Waals surface area (Å²) in [6, 6.07) is 4.79. The lowest BCUT2D eigenvalue weighted by atomic mass is 10.1. The maximum absolute atomic E-state index is 13.4. The van der Waals surface area contributed by atoms with E-state index in [0.29, 0.717) is 13.0 Å². The predicted molar refractivity (Wildman–Crippen MR) is 56.4 cm³/mol. The van der Waals surface area contributed by atoms with Gasteiger partial charge in [-0.25, -0.2) is 4.39 Å². The van der Waals surface area contributed by atoms with Crippen molar-refractivity contribution in [3.8, 4) is 5.75 Å². The highest BCUT2D eigenvalue weighted by atomic mass is 19.1. The van der Waals surface area contributed by atoms with Crippen LogP contribution in [0.25, 0.3) is 0 Å². The molecule has 0 aliphatic rings. The minimum absolute atomic E-state index is 0.157. The normalized spacial score (nSPS) is 12.5. The first-order valence-electron chi connectivity index (χ1n) is 4.79. The lowest BCUT2D eigenvalue weighted by Crippen LogP contribution is -2.09. The van der Waals surface area contributed by atoms with Gasteiger partial charge in [0.15, 0.2) is 11.6 Å². The van der Waals surface area contributed by atoms with Crippen molar-refractivity contribution in [3.05, 3.63) is 29.6 Å². The fraction of sp³-hybridized carbons (Fsp3) is 0.455. The standard InChI is InChI=1S/C11H16FNO2/c1-14-10(5-6-13)8-3-4-11(15-2)9(12)7-8/h3-4,7,10H,5-6,13H2,1-2H3. The summed E-state index contributed by atoms with van der Waals surface area (Å²) in [7, 11) is 3.02. The molecule has 1 aromatic rings. The van der Waals surface area contributed by atoms with Crippen molar-refractivity contribution in [2.75, 3.05) is 20.8 Å². The van der Waals surface area contributed by atoms with E-state index in [0.717, 1.165) is 5.56 Å². The monoisotopic (exact) mass is 213 g/mol. The molecule has 84 valence electrons. The van der Waals surface area contributed by atoms with E-state index >= 15 is 0 Å². The molecule has 4 heteroatoms. The molecule has 0 saturated carbocycles. The first-order chi connectivity index (χ1) is 7.22. The van der Waals surface area contributed by atoms with Gasteiger partial charge in [-0.15, -0.1) is 0 Å². The van der Waals surface area contributed by atoms with Crippen LogP contribution in [0.1, 0.15) is 18.1 Å². The zero-order chi connectivity index (χ0) is 11.3. The number of hydrogen-bond donors (Lipinski definition) is 1. The fourth-order valence-electron chi connectivity index (χ4n) is 1.45. The number of hydrogen-bond acceptors (Lipinski definition) is 3. The maximum Gasteiger partial charge on any atom is 0.165 e. The Kier molecular flexibility index (Phi) is 4.52. The van der Waals surface area contributed by atoms with E-state index in [1.165, 1.54) is 13.2 Å². The Bertz CT molecular complexity index is 317. The maximum atomic E-state index is 13.4. The van der Waals surface area contributed by atoms with Crippen molar-refractivity contribution in [2.24, 2.45) is 5.73 Å². The fourth-order valence-corrected chi connectivity index (χ4v) is 1.45. The van der Waals surface area contributed by atoms with Crippen LogP contribution in [0.4, 0.5) is 4.39 Å². The average Bonchev–Trinajstić information content (AvgIpc) is 2.25. The summed E-state index contributed by atoms with van der Waals surface area (Å²) < 4.78 is 23.4. The molecule has 0 saturated heterocycles. The summed E-state index contributed by atoms with van der Waals surface area (Å²) in [6.45, 7) is 0.506. The second-order valence-corrected chi connectivity index (χ2v) is 3.20. The van der Waals surface area contributed by atoms with E-state index < -0.39 is 0 Å². The Balaban J connectivity index is 2.89. The Hall–Kier alpha value is -1.13. The van der Waals surface area contributed by atoms with E-state index in [2.05, 4.69) is 0 Å². The topological polar surface area (TPSA) is 44.5 Å². The molecule has 2 N–H and O–H groups in total. The molecule has 0 aromatic heterocycles. The van der Waals surface area contributed by atoms with Gasteiger partial charge in [0.25, 0.3) is 0 Å². The number of benzene rings is 1. The van der Waals surface area contributed by atoms with Crippen molar-refractivity contribution in [1.29, 1.82) is 0 Å². The summed E-state index contributed by atoms with van der Waals surface area (Å²) in [6.07, 6.45) is 0.512. The van der Waals surface area contributed by atoms with Crippen molar-refractivity contribution < 1.29 is 13.9 Å². The number of methoxy groups -OCH3 is 2. The van der Waals surface area contributed by atoms with Gasteiger partial charge in [0.2, 0.25) is 0 Å². The van der Waals surface area contributed by atoms with Crippen LogP contribution < -0.4 is 10.5 Å². The average molecular weight is 213 g/mol. The summed E-state index contributed by atoms with van der Waals surface area (Å²) in [5.74, 6) is -0.143. The highest BCUT2D eigenvalue weighted by molar-refractivity contribution is 5.30. The molecule has 15 heavy (non-hydrogen) atoms. The van der Waals surface area contributed by atoms with Gasteiger partial charge in [0, 0.05) is 7.11 Å². The van der Waals surface area contributed by atoms with Gasteiger partial charge in [-0.05, 0) is 30.7 Å². The Morgan fingerprint density at radius 2 is 2.13 bits per heavy atom. The lowest BCUT2D eigenvalue weighted by Gasteiger charge is -2.15. The number of ether oxygens (including phenoxy) is 2. The van der Waals surface area contributed by atoms with Crippen LogP contribution >= 0.6 is 0 Å². The molecule has 0 aliphatic heterocycles. The van der Waals surface area contributed by atoms with Gasteiger partial charge in [-0.1, -0.05) is 6.07 Å². The van der Waals surface area contributed by atoms with Crippen LogP contribution in [0.5, 0.6) is 5.75 Å². The van der Waals surface area contributed by atoms with Crippen molar-refractivity contribution in [1.82, 2.24) is 0 Å². The Morgan fingerprint density at radius 3 is 2.60 bits per heavy atom. The molecule has 1 atom stereocenters. The highest BCUT2D eigenvalue weighted by Gasteiger charge is 2.12. The Morgan fingerprint density at radius 1 is 1.40 bits per heavy atom. The van der Waals surface area contributed by atoms with Crippen LogP contribution in [0.15, 0.2) is 18.2 Å². The predicted octanol–water partition coefficient (Wildman–Crippen LogP) is 1.87. The van der Waals surface area contributed by atoms with Crippen LogP contribution in [0.3, 0.4) is 0 Å². The van der Waals surface area contributed by atoms with Crippen LogP contribution in [-0.4, -0.2) is 20.8 Å². The lowest BCUT2D eigenvalue weighted by molar-refractivity contribution is 0.0974.